The van der Waals surface area contributed by atoms with Gasteiger partial charge < -0.3 is 14.2 Å². The number of ether oxygens (including phenoxy) is 3. The third-order valence-corrected chi connectivity index (χ3v) is 6.30. The maximum Gasteiger partial charge on any atom is 0.299 e. The van der Waals surface area contributed by atoms with Crippen molar-refractivity contribution >= 4 is 17.1 Å². The lowest BCUT2D eigenvalue weighted by Crippen LogP contribution is -2.29. The Morgan fingerprint density at radius 3 is 2.20 bits per heavy atom. The lowest BCUT2D eigenvalue weighted by molar-refractivity contribution is 0.414. The maximum atomic E-state index is 14.0. The monoisotopic (exact) mass is 533 g/mol. The topological polar surface area (TPSA) is 121 Å². The van der Waals surface area contributed by atoms with E-state index in [0.717, 1.165) is 4.68 Å². The molecule has 0 aliphatic heterocycles. The zero-order valence-electron chi connectivity index (χ0n) is 21.9. The molecule has 2 heterocycles. The summed E-state index contributed by atoms with van der Waals surface area (Å²) in [5.74, 6) is 1.62. The normalized spacial score (nSPS) is 10.9. The van der Waals surface area contributed by atoms with Crippen LogP contribution in [-0.4, -0.2) is 42.0 Å². The molecule has 0 spiro atoms. The van der Waals surface area contributed by atoms with E-state index < -0.39 is 11.1 Å². The molecule has 0 fully saturated rings. The highest BCUT2D eigenvalue weighted by Crippen LogP contribution is 2.31. The molecule has 5 rings (SSSR count). The molecule has 0 aliphatic carbocycles. The number of benzene rings is 3. The van der Waals surface area contributed by atoms with Crippen LogP contribution in [-0.2, 0) is 0 Å². The number of methoxy groups -OCH3 is 3. The van der Waals surface area contributed by atoms with Crippen molar-refractivity contribution in [1.82, 2.24) is 14.5 Å². The minimum atomic E-state index is -0.666. The molecule has 0 bridgehead atoms. The summed E-state index contributed by atoms with van der Waals surface area (Å²) in [5, 5.41) is 19.0. The van der Waals surface area contributed by atoms with Gasteiger partial charge >= 0.3 is 0 Å². The molecule has 0 aliphatic rings. The fraction of sp³-hybridized carbons (Fsp3) is 0.100. The lowest BCUT2D eigenvalue weighted by atomic mass is 10.1. The zero-order chi connectivity index (χ0) is 28.2. The third kappa shape index (κ3) is 4.56. The molecule has 0 radical (unpaired) electrons. The van der Waals surface area contributed by atoms with Crippen LogP contribution in [0, 0.1) is 11.3 Å². The molecular formula is C30H23N5O5. The lowest BCUT2D eigenvalue weighted by Gasteiger charge is -2.15. The van der Waals surface area contributed by atoms with Crippen LogP contribution >= 0.6 is 0 Å². The van der Waals surface area contributed by atoms with Gasteiger partial charge in [-0.05, 0) is 54.6 Å². The predicted molar refractivity (Wildman–Crippen MR) is 151 cm³/mol. The van der Waals surface area contributed by atoms with Crippen molar-refractivity contribution in [2.24, 2.45) is 5.10 Å². The van der Waals surface area contributed by atoms with Gasteiger partial charge in [-0.15, -0.1) is 0 Å². The van der Waals surface area contributed by atoms with Gasteiger partial charge in [0.25, 0.3) is 11.1 Å². The smallest absolute Gasteiger partial charge is 0.299 e. The Hall–Kier alpha value is -5.69. The molecule has 198 valence electrons. The first-order valence-electron chi connectivity index (χ1n) is 12.1. The summed E-state index contributed by atoms with van der Waals surface area (Å²) >= 11 is 0. The zero-order valence-corrected chi connectivity index (χ0v) is 21.9. The van der Waals surface area contributed by atoms with Crippen molar-refractivity contribution in [3.8, 4) is 40.3 Å². The second kappa shape index (κ2) is 11.0. The summed E-state index contributed by atoms with van der Waals surface area (Å²) in [6.45, 7) is 0. The molecule has 0 atom stereocenters. The number of nitrogens with zero attached hydrogens (tertiary/aromatic N) is 5. The summed E-state index contributed by atoms with van der Waals surface area (Å²) < 4.78 is 18.3. The predicted octanol–water partition coefficient (Wildman–Crippen LogP) is 3.99. The first-order valence-corrected chi connectivity index (χ1v) is 12.1. The van der Waals surface area contributed by atoms with E-state index in [2.05, 4.69) is 10.2 Å². The van der Waals surface area contributed by atoms with E-state index in [1.807, 2.05) is 18.2 Å². The van der Waals surface area contributed by atoms with Crippen molar-refractivity contribution in [3.05, 3.63) is 111 Å². The van der Waals surface area contributed by atoms with Crippen molar-refractivity contribution in [2.45, 2.75) is 0 Å². The van der Waals surface area contributed by atoms with Crippen molar-refractivity contribution in [2.75, 3.05) is 21.3 Å². The average molecular weight is 534 g/mol. The number of hydrogen-bond donors (Lipinski definition) is 0. The molecule has 0 saturated carbocycles. The van der Waals surface area contributed by atoms with Gasteiger partial charge in [-0.1, -0.05) is 24.3 Å². The molecule has 0 N–H and O–H groups in total. The van der Waals surface area contributed by atoms with Crippen LogP contribution in [0.3, 0.4) is 0 Å². The van der Waals surface area contributed by atoms with E-state index in [1.54, 1.807) is 73.8 Å². The number of aromatic nitrogens is 3. The highest BCUT2D eigenvalue weighted by molar-refractivity contribution is 5.89. The number of pyridine rings is 1. The number of fused-ring (bicyclic) bond motifs is 1. The summed E-state index contributed by atoms with van der Waals surface area (Å²) in [4.78, 5) is 27.4. The van der Waals surface area contributed by atoms with Gasteiger partial charge in [0.05, 0.1) is 38.9 Å². The molecule has 0 saturated heterocycles. The highest BCUT2D eigenvalue weighted by atomic mass is 16.5. The molecule has 5 aromatic rings. The highest BCUT2D eigenvalue weighted by Gasteiger charge is 2.21. The molecule has 40 heavy (non-hydrogen) atoms. The van der Waals surface area contributed by atoms with Crippen LogP contribution in [0.4, 0.5) is 0 Å². The number of hydrogen-bond acceptors (Lipinski definition) is 8. The van der Waals surface area contributed by atoms with Crippen molar-refractivity contribution < 1.29 is 14.2 Å². The van der Waals surface area contributed by atoms with Gasteiger partial charge in [0, 0.05) is 16.5 Å². The van der Waals surface area contributed by atoms with Gasteiger partial charge in [-0.25, -0.2) is 0 Å². The van der Waals surface area contributed by atoms with Gasteiger partial charge in [-0.3, -0.25) is 9.59 Å². The van der Waals surface area contributed by atoms with Crippen LogP contribution in [0.5, 0.6) is 17.2 Å². The second-order valence-electron chi connectivity index (χ2n) is 8.50. The second-order valence-corrected chi connectivity index (χ2v) is 8.50. The fourth-order valence-electron chi connectivity index (χ4n) is 4.31. The molecule has 10 heteroatoms. The number of para-hydroxylation sites is 2. The molecule has 0 amide bonds. The average Bonchev–Trinajstić information content (AvgIpc) is 3.00. The van der Waals surface area contributed by atoms with E-state index in [0.29, 0.717) is 39.8 Å². The van der Waals surface area contributed by atoms with E-state index >= 15 is 0 Å². The summed E-state index contributed by atoms with van der Waals surface area (Å²) in [6, 6.07) is 24.3. The van der Waals surface area contributed by atoms with Gasteiger partial charge in [0.1, 0.15) is 28.9 Å². The number of rotatable bonds is 7. The van der Waals surface area contributed by atoms with Gasteiger partial charge in [0.15, 0.2) is 5.52 Å². The molecule has 2 aromatic heterocycles. The Kier molecular flexibility index (Phi) is 7.11. The van der Waals surface area contributed by atoms with Gasteiger partial charge in [0.2, 0.25) is 0 Å². The first kappa shape index (κ1) is 25.9. The fourth-order valence-corrected chi connectivity index (χ4v) is 4.31. The van der Waals surface area contributed by atoms with Crippen LogP contribution in [0.25, 0.3) is 27.8 Å². The minimum Gasteiger partial charge on any atom is -0.497 e. The first-order chi connectivity index (χ1) is 19.5. The Bertz CT molecular complexity index is 1920. The molecule has 0 unspecified atom stereocenters. The van der Waals surface area contributed by atoms with Crippen LogP contribution in [0.1, 0.15) is 11.1 Å². The maximum absolute atomic E-state index is 14.0. The summed E-state index contributed by atoms with van der Waals surface area (Å²) in [7, 11) is 4.58. The van der Waals surface area contributed by atoms with E-state index in [9.17, 15) is 14.9 Å². The Morgan fingerprint density at radius 1 is 0.850 bits per heavy atom. The van der Waals surface area contributed by atoms with Crippen LogP contribution in [0.15, 0.2) is 93.6 Å². The summed E-state index contributed by atoms with van der Waals surface area (Å²) in [6.07, 6.45) is 1.50. The largest absolute Gasteiger partial charge is 0.497 e. The van der Waals surface area contributed by atoms with Crippen LogP contribution < -0.4 is 25.3 Å². The van der Waals surface area contributed by atoms with Crippen LogP contribution in [0.2, 0.25) is 0 Å². The van der Waals surface area contributed by atoms with E-state index in [4.69, 9.17) is 14.2 Å². The quantitative estimate of drug-likeness (QED) is 0.290. The minimum absolute atomic E-state index is 0.104. The summed E-state index contributed by atoms with van der Waals surface area (Å²) in [5.41, 5.74) is 0.200. The van der Waals surface area contributed by atoms with Crippen molar-refractivity contribution in [3.63, 3.8) is 0 Å². The van der Waals surface area contributed by atoms with E-state index in [1.165, 1.54) is 25.1 Å². The number of nitriles is 1. The van der Waals surface area contributed by atoms with Gasteiger partial charge in [-0.2, -0.15) is 24.8 Å². The SMILES string of the molecule is COc1ccc(-n2nc3c(=O)n(/N=C/c4ccccc4OC)c(-c4ccccc4OC)cc3c(C#N)c2=O)cc1. The Morgan fingerprint density at radius 2 is 1.52 bits per heavy atom. The molecule has 10 nitrogen and oxygen atoms in total. The molecule has 3 aromatic carbocycles. The Balaban J connectivity index is 1.85. The van der Waals surface area contributed by atoms with Crippen molar-refractivity contribution in [1.29, 1.82) is 5.26 Å². The Labute approximate surface area is 228 Å². The standard InChI is InChI=1S/C30H23N5O5/c1-38-21-14-12-20(13-15-21)34-29(36)24(17-31)23-16-25(22-9-5-7-11-27(22)40-3)35(30(37)28(23)33-34)32-18-19-8-4-6-10-26(19)39-2/h4-16,18H,1-3H3/b32-18+. The molecular weight excluding hydrogens is 510 g/mol. The van der Waals surface area contributed by atoms with E-state index in [-0.39, 0.29) is 16.5 Å². The third-order valence-electron chi connectivity index (χ3n) is 6.30.